The van der Waals surface area contributed by atoms with E-state index in [2.05, 4.69) is 38.2 Å². The van der Waals surface area contributed by atoms with Crippen molar-refractivity contribution in [2.24, 2.45) is 0 Å². The summed E-state index contributed by atoms with van der Waals surface area (Å²) < 4.78 is 11.1. The Morgan fingerprint density at radius 3 is 1.50 bits per heavy atom. The number of rotatable bonds is 36. The maximum atomic E-state index is 12.1. The number of carbonyl (C=O) groups excluding carboxylic acids is 1. The normalized spacial score (nSPS) is 12.5. The Hall–Kier alpha value is -1.13. The van der Waals surface area contributed by atoms with Gasteiger partial charge >= 0.3 is 5.97 Å². The molecule has 0 aliphatic carbocycles. The second-order valence-corrected chi connectivity index (χ2v) is 13.0. The van der Waals surface area contributed by atoms with Gasteiger partial charge in [-0.3, -0.25) is 4.79 Å². The molecule has 0 fully saturated rings. The lowest BCUT2D eigenvalue weighted by molar-refractivity contribution is -0.154. The molecule has 0 aromatic carbocycles. The van der Waals surface area contributed by atoms with Crippen molar-refractivity contribution in [1.82, 2.24) is 0 Å². The van der Waals surface area contributed by atoms with E-state index in [1.165, 1.54) is 141 Å². The molecule has 0 saturated heterocycles. The molecule has 0 radical (unpaired) electrons. The Morgan fingerprint density at radius 2 is 1.00 bits per heavy atom. The number of aliphatic hydroxyl groups is 1. The SMILES string of the molecule is CCC/C=C\C/C=C\CCCCCCCC(=O)OC(CO)COCCCCCCCCCCCCCCCCCCCCC. The second-order valence-electron chi connectivity index (χ2n) is 13.0. The first-order chi connectivity index (χ1) is 21.7. The first-order valence-electron chi connectivity index (χ1n) is 19.4. The molecule has 4 nitrogen and oxygen atoms in total. The van der Waals surface area contributed by atoms with Crippen LogP contribution in [0.3, 0.4) is 0 Å². The number of aliphatic hydroxyl groups excluding tert-OH is 1. The molecule has 0 heterocycles. The van der Waals surface area contributed by atoms with Crippen molar-refractivity contribution in [3.8, 4) is 0 Å². The molecule has 1 atom stereocenters. The van der Waals surface area contributed by atoms with Gasteiger partial charge in [0.15, 0.2) is 0 Å². The van der Waals surface area contributed by atoms with Gasteiger partial charge in [-0.1, -0.05) is 179 Å². The summed E-state index contributed by atoms with van der Waals surface area (Å²) in [5, 5.41) is 9.56. The van der Waals surface area contributed by atoms with E-state index >= 15 is 0 Å². The molecule has 1 N–H and O–H groups in total. The van der Waals surface area contributed by atoms with Crippen molar-refractivity contribution in [3.05, 3.63) is 24.3 Å². The topological polar surface area (TPSA) is 55.8 Å². The number of allylic oxidation sites excluding steroid dienone is 4. The smallest absolute Gasteiger partial charge is 0.306 e. The molecule has 1 unspecified atom stereocenters. The lowest BCUT2D eigenvalue weighted by Crippen LogP contribution is -2.27. The van der Waals surface area contributed by atoms with Gasteiger partial charge in [-0.05, 0) is 38.5 Å². The molecule has 260 valence electrons. The highest BCUT2D eigenvalue weighted by molar-refractivity contribution is 5.69. The Bertz CT molecular complexity index is 614. The van der Waals surface area contributed by atoms with Gasteiger partial charge in [0.25, 0.3) is 0 Å². The predicted octanol–water partition coefficient (Wildman–Crippen LogP) is 12.4. The van der Waals surface area contributed by atoms with Crippen molar-refractivity contribution < 1.29 is 19.4 Å². The molecular weight excluding hydrogens is 544 g/mol. The number of carbonyl (C=O) groups is 1. The minimum absolute atomic E-state index is 0.174. The molecule has 0 aliphatic heterocycles. The van der Waals surface area contributed by atoms with E-state index in [1.54, 1.807) is 0 Å². The van der Waals surface area contributed by atoms with Crippen molar-refractivity contribution >= 4 is 5.97 Å². The summed E-state index contributed by atoms with van der Waals surface area (Å²) in [6.07, 6.45) is 45.1. The van der Waals surface area contributed by atoms with E-state index in [0.717, 1.165) is 38.5 Å². The molecule has 4 heteroatoms. The van der Waals surface area contributed by atoms with Crippen LogP contribution in [0.5, 0.6) is 0 Å². The third-order valence-corrected chi connectivity index (χ3v) is 8.51. The maximum Gasteiger partial charge on any atom is 0.306 e. The molecule has 0 spiro atoms. The Labute approximate surface area is 275 Å². The van der Waals surface area contributed by atoms with Crippen molar-refractivity contribution in [2.45, 2.75) is 206 Å². The zero-order valence-electron chi connectivity index (χ0n) is 29.7. The van der Waals surface area contributed by atoms with Crippen LogP contribution in [-0.2, 0) is 14.3 Å². The highest BCUT2D eigenvalue weighted by Gasteiger charge is 2.13. The fourth-order valence-electron chi connectivity index (χ4n) is 5.60. The lowest BCUT2D eigenvalue weighted by atomic mass is 10.0. The summed E-state index contributed by atoms with van der Waals surface area (Å²) in [6.45, 7) is 5.29. The third kappa shape index (κ3) is 35.4. The summed E-state index contributed by atoms with van der Waals surface area (Å²) in [6, 6.07) is 0. The van der Waals surface area contributed by atoms with Gasteiger partial charge in [0.2, 0.25) is 0 Å². The maximum absolute atomic E-state index is 12.1. The predicted molar refractivity (Wildman–Crippen MR) is 191 cm³/mol. The molecule has 0 aromatic heterocycles. The summed E-state index contributed by atoms with van der Waals surface area (Å²) in [5.74, 6) is -0.213. The molecule has 0 bridgehead atoms. The van der Waals surface area contributed by atoms with Crippen molar-refractivity contribution in [1.29, 1.82) is 0 Å². The molecule has 0 aliphatic rings. The van der Waals surface area contributed by atoms with E-state index in [4.69, 9.17) is 9.47 Å². The molecular formula is C40H76O4. The summed E-state index contributed by atoms with van der Waals surface area (Å²) in [4.78, 5) is 12.1. The van der Waals surface area contributed by atoms with E-state index in [1.807, 2.05) is 0 Å². The van der Waals surface area contributed by atoms with Crippen LogP contribution in [0, 0.1) is 0 Å². The molecule has 0 aromatic rings. The van der Waals surface area contributed by atoms with Crippen LogP contribution in [0.2, 0.25) is 0 Å². The average Bonchev–Trinajstić information content (AvgIpc) is 3.03. The van der Waals surface area contributed by atoms with Crippen LogP contribution >= 0.6 is 0 Å². The lowest BCUT2D eigenvalue weighted by Gasteiger charge is -2.15. The van der Waals surface area contributed by atoms with Crippen molar-refractivity contribution in [2.75, 3.05) is 19.8 Å². The fourth-order valence-corrected chi connectivity index (χ4v) is 5.60. The highest BCUT2D eigenvalue weighted by atomic mass is 16.6. The van der Waals surface area contributed by atoms with Gasteiger partial charge in [0.1, 0.15) is 6.10 Å². The molecule has 0 rings (SSSR count). The quantitative estimate of drug-likeness (QED) is 0.0430. The highest BCUT2D eigenvalue weighted by Crippen LogP contribution is 2.15. The summed E-state index contributed by atoms with van der Waals surface area (Å²) in [7, 11) is 0. The summed E-state index contributed by atoms with van der Waals surface area (Å²) >= 11 is 0. The largest absolute Gasteiger partial charge is 0.457 e. The van der Waals surface area contributed by atoms with Gasteiger partial charge in [-0.2, -0.15) is 0 Å². The minimum Gasteiger partial charge on any atom is -0.457 e. The molecule has 0 saturated carbocycles. The van der Waals surface area contributed by atoms with Crippen molar-refractivity contribution in [3.63, 3.8) is 0 Å². The van der Waals surface area contributed by atoms with Crippen LogP contribution in [0.25, 0.3) is 0 Å². The monoisotopic (exact) mass is 621 g/mol. The van der Waals surface area contributed by atoms with Gasteiger partial charge < -0.3 is 14.6 Å². The zero-order chi connectivity index (χ0) is 32.0. The van der Waals surface area contributed by atoms with Crippen LogP contribution in [0.4, 0.5) is 0 Å². The number of hydrogen-bond donors (Lipinski definition) is 1. The number of unbranched alkanes of at least 4 members (excludes halogenated alkanes) is 24. The third-order valence-electron chi connectivity index (χ3n) is 8.51. The number of hydrogen-bond acceptors (Lipinski definition) is 4. The fraction of sp³-hybridized carbons (Fsp3) is 0.875. The number of ether oxygens (including phenoxy) is 2. The second kappa shape index (κ2) is 38.1. The van der Waals surface area contributed by atoms with Crippen LogP contribution in [0.1, 0.15) is 200 Å². The van der Waals surface area contributed by atoms with Gasteiger partial charge in [-0.15, -0.1) is 0 Å². The molecule has 44 heavy (non-hydrogen) atoms. The van der Waals surface area contributed by atoms with E-state index in [9.17, 15) is 9.90 Å². The number of esters is 1. The van der Waals surface area contributed by atoms with Crippen LogP contribution < -0.4 is 0 Å². The van der Waals surface area contributed by atoms with Gasteiger partial charge in [0, 0.05) is 13.0 Å². The van der Waals surface area contributed by atoms with E-state index in [0.29, 0.717) is 19.6 Å². The Balaban J connectivity index is 3.40. The Morgan fingerprint density at radius 1 is 0.545 bits per heavy atom. The molecule has 0 amide bonds. The van der Waals surface area contributed by atoms with Gasteiger partial charge in [-0.25, -0.2) is 0 Å². The van der Waals surface area contributed by atoms with Gasteiger partial charge in [0.05, 0.1) is 13.2 Å². The van der Waals surface area contributed by atoms with E-state index in [-0.39, 0.29) is 12.6 Å². The minimum atomic E-state index is -0.536. The van der Waals surface area contributed by atoms with Crippen LogP contribution in [0.15, 0.2) is 24.3 Å². The standard InChI is InChI=1S/C40H76O4/c1-3-5-7-9-11-13-15-17-18-19-20-21-22-24-26-28-30-32-34-36-43-38-39(37-41)44-40(42)35-33-31-29-27-25-23-16-14-12-10-8-6-4-2/h8,10,14,16,39,41H,3-7,9,11-13,15,17-38H2,1-2H3/b10-8-,16-14-. The zero-order valence-corrected chi connectivity index (χ0v) is 29.7. The average molecular weight is 621 g/mol. The van der Waals surface area contributed by atoms with Crippen LogP contribution in [-0.4, -0.2) is 37.0 Å². The summed E-state index contributed by atoms with van der Waals surface area (Å²) in [5.41, 5.74) is 0. The Kier molecular flexibility index (Phi) is 37.1. The first kappa shape index (κ1) is 42.9. The van der Waals surface area contributed by atoms with E-state index < -0.39 is 6.10 Å². The first-order valence-corrected chi connectivity index (χ1v) is 19.4.